The van der Waals surface area contributed by atoms with Gasteiger partial charge in [-0.1, -0.05) is 0 Å². The van der Waals surface area contributed by atoms with E-state index in [9.17, 15) is 9.59 Å². The number of carbonyl (C=O) groups is 2. The molecule has 0 bridgehead atoms. The van der Waals surface area contributed by atoms with Gasteiger partial charge in [-0.25, -0.2) is 0 Å². The van der Waals surface area contributed by atoms with Crippen LogP contribution in [0.25, 0.3) is 0 Å². The van der Waals surface area contributed by atoms with Crippen LogP contribution in [-0.2, 0) is 14.3 Å². The molecule has 5 nitrogen and oxygen atoms in total. The summed E-state index contributed by atoms with van der Waals surface area (Å²) in [6.07, 6.45) is 2.04. The zero-order valence-corrected chi connectivity index (χ0v) is 10.8. The molecule has 0 aliphatic heterocycles. The topological polar surface area (TPSA) is 67.4 Å². The van der Waals surface area contributed by atoms with E-state index in [2.05, 4.69) is 10.6 Å². The Bertz CT molecular complexity index is 285. The molecule has 5 heteroatoms. The Morgan fingerprint density at radius 2 is 1.94 bits per heavy atom. The van der Waals surface area contributed by atoms with E-state index in [0.717, 1.165) is 12.8 Å². The van der Waals surface area contributed by atoms with Crippen LogP contribution in [0.4, 0.5) is 0 Å². The Balaban J connectivity index is 2.06. The Morgan fingerprint density at radius 1 is 1.29 bits per heavy atom. The maximum atomic E-state index is 11.4. The lowest BCUT2D eigenvalue weighted by molar-refractivity contribution is -0.150. The van der Waals surface area contributed by atoms with Crippen LogP contribution < -0.4 is 10.6 Å². The molecular formula is C12H22N2O3. The molecule has 1 amide bonds. The third-order valence-electron chi connectivity index (χ3n) is 2.85. The number of carbonyl (C=O) groups excluding carboxylic acids is 2. The minimum Gasteiger partial charge on any atom is -0.469 e. The van der Waals surface area contributed by atoms with Crippen LogP contribution in [-0.4, -0.2) is 38.6 Å². The van der Waals surface area contributed by atoms with Gasteiger partial charge >= 0.3 is 5.97 Å². The highest BCUT2D eigenvalue weighted by atomic mass is 16.5. The molecule has 0 radical (unpaired) electrons. The molecule has 1 aliphatic carbocycles. The standard InChI is InChI=1S/C12H22N2O3/c1-12(2,11(16)17-3)8-13-6-7-14-10(15)9-4-5-9/h9,13H,4-8H2,1-3H3,(H,14,15). The highest BCUT2D eigenvalue weighted by molar-refractivity contribution is 5.80. The predicted octanol–water partition coefficient (Wildman–Crippen LogP) is 0.301. The van der Waals surface area contributed by atoms with E-state index in [4.69, 9.17) is 4.74 Å². The number of hydrogen-bond donors (Lipinski definition) is 2. The van der Waals surface area contributed by atoms with E-state index in [0.29, 0.717) is 19.6 Å². The second kappa shape index (κ2) is 6.00. The molecule has 17 heavy (non-hydrogen) atoms. The molecule has 0 atom stereocenters. The van der Waals surface area contributed by atoms with E-state index < -0.39 is 5.41 Å². The second-order valence-corrected chi connectivity index (χ2v) is 5.12. The molecule has 1 rings (SSSR count). The van der Waals surface area contributed by atoms with Crippen molar-refractivity contribution in [2.45, 2.75) is 26.7 Å². The van der Waals surface area contributed by atoms with Gasteiger partial charge < -0.3 is 15.4 Å². The smallest absolute Gasteiger partial charge is 0.312 e. The van der Waals surface area contributed by atoms with Gasteiger partial charge in [-0.2, -0.15) is 0 Å². The highest BCUT2D eigenvalue weighted by Gasteiger charge is 2.29. The van der Waals surface area contributed by atoms with Crippen LogP contribution in [0.15, 0.2) is 0 Å². The quantitative estimate of drug-likeness (QED) is 0.498. The van der Waals surface area contributed by atoms with E-state index in [1.54, 1.807) is 0 Å². The number of amides is 1. The third kappa shape index (κ3) is 4.73. The molecule has 2 N–H and O–H groups in total. The van der Waals surface area contributed by atoms with E-state index >= 15 is 0 Å². The van der Waals surface area contributed by atoms with Gasteiger partial charge in [0.1, 0.15) is 0 Å². The van der Waals surface area contributed by atoms with Crippen molar-refractivity contribution in [2.75, 3.05) is 26.7 Å². The number of nitrogens with one attached hydrogen (secondary N) is 2. The van der Waals surface area contributed by atoms with Crippen LogP contribution in [0.3, 0.4) is 0 Å². The summed E-state index contributed by atoms with van der Waals surface area (Å²) in [5.41, 5.74) is -0.532. The summed E-state index contributed by atoms with van der Waals surface area (Å²) in [6, 6.07) is 0. The van der Waals surface area contributed by atoms with Crippen molar-refractivity contribution in [1.29, 1.82) is 0 Å². The molecule has 0 aromatic heterocycles. The zero-order chi connectivity index (χ0) is 12.9. The predicted molar refractivity (Wildman–Crippen MR) is 64.4 cm³/mol. The highest BCUT2D eigenvalue weighted by Crippen LogP contribution is 2.28. The van der Waals surface area contributed by atoms with Crippen LogP contribution in [0, 0.1) is 11.3 Å². The third-order valence-corrected chi connectivity index (χ3v) is 2.85. The molecular weight excluding hydrogens is 220 g/mol. The summed E-state index contributed by atoms with van der Waals surface area (Å²) in [4.78, 5) is 22.7. The normalized spacial score (nSPS) is 15.5. The van der Waals surface area contributed by atoms with Crippen LogP contribution in [0.2, 0.25) is 0 Å². The molecule has 1 fully saturated rings. The number of esters is 1. The average molecular weight is 242 g/mol. The number of ether oxygens (including phenoxy) is 1. The molecule has 0 spiro atoms. The molecule has 0 aromatic carbocycles. The van der Waals surface area contributed by atoms with E-state index in [-0.39, 0.29) is 17.8 Å². The van der Waals surface area contributed by atoms with Gasteiger partial charge in [0.2, 0.25) is 5.91 Å². The Hall–Kier alpha value is -1.10. The summed E-state index contributed by atoms with van der Waals surface area (Å²) in [5.74, 6) is 0.174. The van der Waals surface area contributed by atoms with Crippen LogP contribution >= 0.6 is 0 Å². The summed E-state index contributed by atoms with van der Waals surface area (Å²) in [5, 5.41) is 6.00. The molecule has 98 valence electrons. The van der Waals surface area contributed by atoms with Gasteiger partial charge in [-0.15, -0.1) is 0 Å². The van der Waals surface area contributed by atoms with Gasteiger partial charge in [0.25, 0.3) is 0 Å². The van der Waals surface area contributed by atoms with Crippen molar-refractivity contribution in [3.05, 3.63) is 0 Å². The van der Waals surface area contributed by atoms with Crippen molar-refractivity contribution in [2.24, 2.45) is 11.3 Å². The van der Waals surface area contributed by atoms with E-state index in [1.165, 1.54) is 7.11 Å². The second-order valence-electron chi connectivity index (χ2n) is 5.12. The maximum Gasteiger partial charge on any atom is 0.312 e. The lowest BCUT2D eigenvalue weighted by atomic mass is 9.94. The Morgan fingerprint density at radius 3 is 2.47 bits per heavy atom. The maximum absolute atomic E-state index is 11.4. The molecule has 1 saturated carbocycles. The number of hydrogen-bond acceptors (Lipinski definition) is 4. The van der Waals surface area contributed by atoms with Crippen molar-refractivity contribution in [1.82, 2.24) is 10.6 Å². The minimum atomic E-state index is -0.532. The van der Waals surface area contributed by atoms with Crippen LogP contribution in [0.1, 0.15) is 26.7 Å². The van der Waals surface area contributed by atoms with Crippen LogP contribution in [0.5, 0.6) is 0 Å². The Labute approximate surface area is 102 Å². The molecule has 0 unspecified atom stereocenters. The zero-order valence-electron chi connectivity index (χ0n) is 10.8. The molecule has 1 aliphatic rings. The fraction of sp³-hybridized carbons (Fsp3) is 0.833. The summed E-state index contributed by atoms with van der Waals surface area (Å²) < 4.78 is 4.70. The van der Waals surface area contributed by atoms with Gasteiger partial charge in [0.05, 0.1) is 12.5 Å². The van der Waals surface area contributed by atoms with Gasteiger partial charge in [0, 0.05) is 25.6 Å². The fourth-order valence-corrected chi connectivity index (χ4v) is 1.51. The minimum absolute atomic E-state index is 0.152. The number of rotatable bonds is 7. The molecule has 0 saturated heterocycles. The lowest BCUT2D eigenvalue weighted by Gasteiger charge is -2.21. The van der Waals surface area contributed by atoms with Crippen molar-refractivity contribution in [3.8, 4) is 0 Å². The molecule has 0 heterocycles. The first-order valence-electron chi connectivity index (χ1n) is 6.04. The van der Waals surface area contributed by atoms with Gasteiger partial charge in [0.15, 0.2) is 0 Å². The lowest BCUT2D eigenvalue weighted by Crippen LogP contribution is -2.40. The van der Waals surface area contributed by atoms with Crippen molar-refractivity contribution in [3.63, 3.8) is 0 Å². The van der Waals surface area contributed by atoms with Crippen molar-refractivity contribution >= 4 is 11.9 Å². The van der Waals surface area contributed by atoms with Crippen molar-refractivity contribution < 1.29 is 14.3 Å². The summed E-state index contributed by atoms with van der Waals surface area (Å²) in [6.45, 7) is 5.47. The first kappa shape index (κ1) is 14.0. The first-order chi connectivity index (χ1) is 7.97. The van der Waals surface area contributed by atoms with E-state index in [1.807, 2.05) is 13.8 Å². The SMILES string of the molecule is COC(=O)C(C)(C)CNCCNC(=O)C1CC1. The van der Waals surface area contributed by atoms with Gasteiger partial charge in [-0.05, 0) is 26.7 Å². The Kier molecular flexibility index (Phi) is 4.93. The molecule has 0 aromatic rings. The first-order valence-corrected chi connectivity index (χ1v) is 6.04. The number of methoxy groups -OCH3 is 1. The fourth-order valence-electron chi connectivity index (χ4n) is 1.51. The van der Waals surface area contributed by atoms with Gasteiger partial charge in [-0.3, -0.25) is 9.59 Å². The summed E-state index contributed by atoms with van der Waals surface area (Å²) in [7, 11) is 1.39. The largest absolute Gasteiger partial charge is 0.469 e. The average Bonchev–Trinajstić information content (AvgIpc) is 3.10. The summed E-state index contributed by atoms with van der Waals surface area (Å²) >= 11 is 0. The monoisotopic (exact) mass is 242 g/mol.